The Morgan fingerprint density at radius 1 is 1.18 bits per heavy atom. The summed E-state index contributed by atoms with van der Waals surface area (Å²) in [4.78, 5) is 11.6. The second kappa shape index (κ2) is 8.06. The zero-order valence-electron chi connectivity index (χ0n) is 11.6. The maximum absolute atomic E-state index is 13.3. The van der Waals surface area contributed by atoms with Crippen molar-refractivity contribution in [2.45, 2.75) is 0 Å². The van der Waals surface area contributed by atoms with Gasteiger partial charge in [0.25, 0.3) is 5.91 Å². The van der Waals surface area contributed by atoms with E-state index in [1.54, 1.807) is 42.5 Å². The Morgan fingerprint density at radius 3 is 2.64 bits per heavy atom. The molecule has 0 atom stereocenters. The SMILES string of the molecule is O=C(COc1ccc(Cl)cc1)NCC#Cc1ccccc1F. The van der Waals surface area contributed by atoms with E-state index < -0.39 is 0 Å². The first-order valence-electron chi connectivity index (χ1n) is 6.53. The molecule has 1 N–H and O–H groups in total. The first-order chi connectivity index (χ1) is 10.6. The van der Waals surface area contributed by atoms with Gasteiger partial charge >= 0.3 is 0 Å². The Bertz CT molecular complexity index is 705. The van der Waals surface area contributed by atoms with Gasteiger partial charge in [0.2, 0.25) is 0 Å². The Labute approximate surface area is 133 Å². The number of carbonyl (C=O) groups excluding carboxylic acids is 1. The summed E-state index contributed by atoms with van der Waals surface area (Å²) >= 11 is 5.74. The first kappa shape index (κ1) is 15.9. The normalized spacial score (nSPS) is 9.55. The van der Waals surface area contributed by atoms with Crippen molar-refractivity contribution >= 4 is 17.5 Å². The van der Waals surface area contributed by atoms with E-state index in [1.807, 2.05) is 0 Å². The highest BCUT2D eigenvalue weighted by Crippen LogP contribution is 2.15. The third kappa shape index (κ3) is 5.12. The van der Waals surface area contributed by atoms with Crippen LogP contribution in [0.3, 0.4) is 0 Å². The largest absolute Gasteiger partial charge is 0.484 e. The predicted molar refractivity (Wildman–Crippen MR) is 83.2 cm³/mol. The summed E-state index contributed by atoms with van der Waals surface area (Å²) in [6, 6.07) is 12.9. The van der Waals surface area contributed by atoms with Crippen molar-refractivity contribution in [2.75, 3.05) is 13.2 Å². The maximum Gasteiger partial charge on any atom is 0.258 e. The second-order valence-corrected chi connectivity index (χ2v) is 4.74. The topological polar surface area (TPSA) is 38.3 Å². The maximum atomic E-state index is 13.3. The number of halogens is 2. The number of amides is 1. The van der Waals surface area contributed by atoms with Crippen LogP contribution in [0.4, 0.5) is 4.39 Å². The average molecular weight is 318 g/mol. The molecule has 0 bridgehead atoms. The molecule has 0 aliphatic rings. The number of nitrogens with one attached hydrogen (secondary N) is 1. The molecule has 5 heteroatoms. The van der Waals surface area contributed by atoms with Crippen LogP contribution >= 0.6 is 11.6 Å². The van der Waals surface area contributed by atoms with Gasteiger partial charge in [0.1, 0.15) is 11.6 Å². The van der Waals surface area contributed by atoms with Gasteiger partial charge in [-0.25, -0.2) is 4.39 Å². The Morgan fingerprint density at radius 2 is 1.91 bits per heavy atom. The summed E-state index contributed by atoms with van der Waals surface area (Å²) in [6.45, 7) is 0.000155. The molecule has 0 aliphatic carbocycles. The van der Waals surface area contributed by atoms with E-state index in [1.165, 1.54) is 6.07 Å². The highest BCUT2D eigenvalue weighted by molar-refractivity contribution is 6.30. The zero-order chi connectivity index (χ0) is 15.8. The molecule has 0 fully saturated rings. The lowest BCUT2D eigenvalue weighted by Gasteiger charge is -2.05. The lowest BCUT2D eigenvalue weighted by molar-refractivity contribution is -0.122. The van der Waals surface area contributed by atoms with Gasteiger partial charge in [-0.3, -0.25) is 4.79 Å². The molecule has 2 aromatic carbocycles. The van der Waals surface area contributed by atoms with E-state index in [2.05, 4.69) is 17.2 Å². The fourth-order valence-corrected chi connectivity index (χ4v) is 1.70. The molecular weight excluding hydrogens is 305 g/mol. The summed E-state index contributed by atoms with van der Waals surface area (Å²) in [5, 5.41) is 3.17. The molecule has 0 aliphatic heterocycles. The number of carbonyl (C=O) groups is 1. The van der Waals surface area contributed by atoms with Crippen molar-refractivity contribution in [3.8, 4) is 17.6 Å². The summed E-state index contributed by atoms with van der Waals surface area (Å²) in [6.07, 6.45) is 0. The molecule has 0 heterocycles. The van der Waals surface area contributed by atoms with Crippen LogP contribution in [0.5, 0.6) is 5.75 Å². The molecule has 22 heavy (non-hydrogen) atoms. The van der Waals surface area contributed by atoms with E-state index in [0.29, 0.717) is 16.3 Å². The minimum Gasteiger partial charge on any atom is -0.484 e. The Balaban J connectivity index is 1.74. The molecule has 0 radical (unpaired) electrons. The molecule has 0 unspecified atom stereocenters. The fourth-order valence-electron chi connectivity index (χ4n) is 1.58. The number of benzene rings is 2. The van der Waals surface area contributed by atoms with Gasteiger partial charge in [-0.05, 0) is 36.4 Å². The highest BCUT2D eigenvalue weighted by Gasteiger charge is 2.01. The van der Waals surface area contributed by atoms with Gasteiger partial charge in [0.15, 0.2) is 6.61 Å². The average Bonchev–Trinajstić information content (AvgIpc) is 2.52. The van der Waals surface area contributed by atoms with E-state index in [-0.39, 0.29) is 24.9 Å². The van der Waals surface area contributed by atoms with Crippen molar-refractivity contribution in [3.05, 3.63) is 64.9 Å². The lowest BCUT2D eigenvalue weighted by atomic mass is 10.2. The number of hydrogen-bond donors (Lipinski definition) is 1. The predicted octanol–water partition coefficient (Wildman–Crippen LogP) is 3.03. The Hall–Kier alpha value is -2.51. The lowest BCUT2D eigenvalue weighted by Crippen LogP contribution is -2.29. The molecule has 112 valence electrons. The highest BCUT2D eigenvalue weighted by atomic mass is 35.5. The van der Waals surface area contributed by atoms with Gasteiger partial charge in [-0.2, -0.15) is 0 Å². The van der Waals surface area contributed by atoms with Crippen molar-refractivity contribution in [3.63, 3.8) is 0 Å². The zero-order valence-corrected chi connectivity index (χ0v) is 12.4. The molecule has 1 amide bonds. The van der Waals surface area contributed by atoms with Crippen LogP contribution in [0, 0.1) is 17.7 Å². The summed E-state index contributed by atoms with van der Waals surface area (Å²) < 4.78 is 18.6. The van der Waals surface area contributed by atoms with Crippen molar-refractivity contribution < 1.29 is 13.9 Å². The van der Waals surface area contributed by atoms with Crippen LogP contribution in [0.25, 0.3) is 0 Å². The van der Waals surface area contributed by atoms with Gasteiger partial charge < -0.3 is 10.1 Å². The van der Waals surface area contributed by atoms with Crippen LogP contribution in [-0.4, -0.2) is 19.1 Å². The molecule has 3 nitrogen and oxygen atoms in total. The summed E-state index contributed by atoms with van der Waals surface area (Å²) in [7, 11) is 0. The Kier molecular flexibility index (Phi) is 5.81. The van der Waals surface area contributed by atoms with E-state index in [9.17, 15) is 9.18 Å². The molecule has 2 rings (SSSR count). The van der Waals surface area contributed by atoms with E-state index in [4.69, 9.17) is 16.3 Å². The smallest absolute Gasteiger partial charge is 0.258 e. The quantitative estimate of drug-likeness (QED) is 0.880. The standard InChI is InChI=1S/C17H13ClFNO2/c18-14-7-9-15(10-8-14)22-12-17(21)20-11-3-5-13-4-1-2-6-16(13)19/h1-2,4,6-10H,11-12H2,(H,20,21). The molecule has 2 aromatic rings. The fraction of sp³-hybridized carbons (Fsp3) is 0.118. The molecule has 0 saturated heterocycles. The number of ether oxygens (including phenoxy) is 1. The summed E-state index contributed by atoms with van der Waals surface area (Å²) in [5.74, 6) is 5.20. The second-order valence-electron chi connectivity index (χ2n) is 4.30. The third-order valence-corrected chi connectivity index (χ3v) is 2.91. The molecule has 0 spiro atoms. The third-order valence-electron chi connectivity index (χ3n) is 2.65. The van der Waals surface area contributed by atoms with Crippen LogP contribution in [0.15, 0.2) is 48.5 Å². The molecule has 0 saturated carbocycles. The van der Waals surface area contributed by atoms with E-state index >= 15 is 0 Å². The first-order valence-corrected chi connectivity index (χ1v) is 6.91. The van der Waals surface area contributed by atoms with Gasteiger partial charge in [0, 0.05) is 5.02 Å². The number of rotatable bonds is 4. The molecule has 0 aromatic heterocycles. The molecular formula is C17H13ClFNO2. The van der Waals surface area contributed by atoms with Crippen LogP contribution in [-0.2, 0) is 4.79 Å². The van der Waals surface area contributed by atoms with Crippen molar-refractivity contribution in [2.24, 2.45) is 0 Å². The summed E-state index contributed by atoms with van der Waals surface area (Å²) in [5.41, 5.74) is 0.300. The van der Waals surface area contributed by atoms with Gasteiger partial charge in [-0.1, -0.05) is 35.6 Å². The van der Waals surface area contributed by atoms with Gasteiger partial charge in [0.05, 0.1) is 12.1 Å². The van der Waals surface area contributed by atoms with Crippen molar-refractivity contribution in [1.82, 2.24) is 5.32 Å². The minimum absolute atomic E-state index is 0.122. The van der Waals surface area contributed by atoms with Crippen LogP contribution < -0.4 is 10.1 Å². The van der Waals surface area contributed by atoms with Crippen molar-refractivity contribution in [1.29, 1.82) is 0 Å². The van der Waals surface area contributed by atoms with E-state index in [0.717, 1.165) is 0 Å². The van der Waals surface area contributed by atoms with Crippen LogP contribution in [0.1, 0.15) is 5.56 Å². The monoisotopic (exact) mass is 317 g/mol. The minimum atomic E-state index is -0.382. The number of hydrogen-bond acceptors (Lipinski definition) is 2. The van der Waals surface area contributed by atoms with Gasteiger partial charge in [-0.15, -0.1) is 0 Å². The van der Waals surface area contributed by atoms with Crippen LogP contribution in [0.2, 0.25) is 5.02 Å².